The van der Waals surface area contributed by atoms with Gasteiger partial charge in [-0.15, -0.1) is 0 Å². The van der Waals surface area contributed by atoms with Crippen LogP contribution in [0.4, 0.5) is 25.4 Å². The molecule has 1 aliphatic heterocycles. The van der Waals surface area contributed by atoms with Gasteiger partial charge in [0.05, 0.1) is 48.0 Å². The predicted octanol–water partition coefficient (Wildman–Crippen LogP) is 7.02. The van der Waals surface area contributed by atoms with Crippen molar-refractivity contribution in [3.8, 4) is 17.6 Å². The summed E-state index contributed by atoms with van der Waals surface area (Å²) in [5.74, 6) is 6.51. The Balaban J connectivity index is 1.64. The van der Waals surface area contributed by atoms with Gasteiger partial charge in [0.25, 0.3) is 0 Å². The number of fused-ring (bicyclic) bond motifs is 1. The van der Waals surface area contributed by atoms with Crippen LogP contribution in [0, 0.1) is 11.8 Å². The lowest BCUT2D eigenvalue weighted by Gasteiger charge is -2.36. The van der Waals surface area contributed by atoms with Crippen LogP contribution < -0.4 is 15.0 Å². The third kappa shape index (κ3) is 9.62. The molecule has 2 atom stereocenters. The van der Waals surface area contributed by atoms with Crippen LogP contribution in [0.3, 0.4) is 0 Å². The van der Waals surface area contributed by atoms with E-state index in [4.69, 9.17) is 14.2 Å². The monoisotopic (exact) mass is 712 g/mol. The largest absolute Gasteiger partial charge is 0.495 e. The minimum absolute atomic E-state index is 0.0505. The van der Waals surface area contributed by atoms with Crippen LogP contribution >= 0.6 is 0 Å². The van der Waals surface area contributed by atoms with Crippen molar-refractivity contribution in [2.75, 3.05) is 43.2 Å². The molecule has 0 aliphatic carbocycles. The van der Waals surface area contributed by atoms with Gasteiger partial charge in [-0.05, 0) is 90.6 Å². The number of aryl methyl sites for hydroxylation is 1. The lowest BCUT2D eigenvalue weighted by atomic mass is 10.0. The number of halogens is 1. The first-order valence-corrected chi connectivity index (χ1v) is 18.6. The van der Waals surface area contributed by atoms with Crippen LogP contribution in [0.1, 0.15) is 67.0 Å². The number of carbonyl (C=O) groups is 2. The molecule has 2 heterocycles. The molecule has 2 amide bonds. The molecule has 1 saturated heterocycles. The number of sulfone groups is 1. The lowest BCUT2D eigenvalue weighted by Crippen LogP contribution is -2.51. The quantitative estimate of drug-likeness (QED) is 0.248. The molecule has 0 bridgehead atoms. The van der Waals surface area contributed by atoms with Gasteiger partial charge in [-0.3, -0.25) is 4.90 Å². The summed E-state index contributed by atoms with van der Waals surface area (Å²) in [4.78, 5) is 28.7. The maximum absolute atomic E-state index is 15.4. The van der Waals surface area contributed by atoms with E-state index in [0.717, 1.165) is 29.3 Å². The molecule has 0 saturated carbocycles. The van der Waals surface area contributed by atoms with Crippen molar-refractivity contribution in [1.29, 1.82) is 0 Å². The van der Waals surface area contributed by atoms with E-state index < -0.39 is 45.4 Å². The van der Waals surface area contributed by atoms with Gasteiger partial charge in [0, 0.05) is 36.5 Å². The van der Waals surface area contributed by atoms with Crippen LogP contribution in [0.5, 0.6) is 5.75 Å². The van der Waals surface area contributed by atoms with Gasteiger partial charge >= 0.3 is 12.2 Å². The molecule has 11 nitrogen and oxygen atoms in total. The summed E-state index contributed by atoms with van der Waals surface area (Å²) in [6.07, 6.45) is -0.147. The summed E-state index contributed by atoms with van der Waals surface area (Å²) in [6.45, 7) is 13.6. The highest BCUT2D eigenvalue weighted by atomic mass is 32.2. The number of amides is 2. The number of carbonyl (C=O) groups excluding carboxylic acids is 2. The molecule has 1 aromatic heterocycles. The van der Waals surface area contributed by atoms with Gasteiger partial charge in [0.15, 0.2) is 9.84 Å². The second-order valence-electron chi connectivity index (χ2n) is 14.4. The molecule has 1 N–H and O–H groups in total. The number of alkyl halides is 1. The third-order valence-electron chi connectivity index (χ3n) is 7.86. The lowest BCUT2D eigenvalue weighted by molar-refractivity contribution is 0.0125. The molecule has 0 radical (unpaired) electrons. The fourth-order valence-corrected chi connectivity index (χ4v) is 6.26. The second kappa shape index (κ2) is 15.2. The zero-order chi connectivity index (χ0) is 37.0. The highest BCUT2D eigenvalue weighted by Crippen LogP contribution is 2.33. The van der Waals surface area contributed by atoms with E-state index in [1.165, 1.54) is 35.1 Å². The summed E-state index contributed by atoms with van der Waals surface area (Å²) in [5, 5.41) is 4.25. The van der Waals surface area contributed by atoms with Crippen molar-refractivity contribution in [1.82, 2.24) is 9.47 Å². The highest BCUT2D eigenvalue weighted by molar-refractivity contribution is 7.90. The summed E-state index contributed by atoms with van der Waals surface area (Å²) >= 11 is 0. The normalized spacial score (nSPS) is 16.7. The van der Waals surface area contributed by atoms with Gasteiger partial charge < -0.3 is 29.0 Å². The number of aromatic nitrogens is 1. The summed E-state index contributed by atoms with van der Waals surface area (Å²) in [7, 11) is -2.13. The van der Waals surface area contributed by atoms with E-state index in [1.54, 1.807) is 41.5 Å². The van der Waals surface area contributed by atoms with Gasteiger partial charge in [0.2, 0.25) is 0 Å². The number of rotatable bonds is 8. The highest BCUT2D eigenvalue weighted by Gasteiger charge is 2.34. The van der Waals surface area contributed by atoms with Crippen molar-refractivity contribution >= 4 is 44.3 Å². The van der Waals surface area contributed by atoms with E-state index in [0.29, 0.717) is 30.9 Å². The van der Waals surface area contributed by atoms with Crippen LogP contribution in [-0.4, -0.2) is 86.5 Å². The zero-order valence-corrected chi connectivity index (χ0v) is 31.2. The van der Waals surface area contributed by atoms with Crippen LogP contribution in [-0.2, 0) is 25.9 Å². The van der Waals surface area contributed by atoms with Gasteiger partial charge in [-0.1, -0.05) is 18.9 Å². The molecule has 1 aliphatic rings. The molecular formula is C37H49FN4O7S. The summed E-state index contributed by atoms with van der Waals surface area (Å²) in [5.41, 5.74) is 1.23. The van der Waals surface area contributed by atoms with Gasteiger partial charge in [0.1, 0.15) is 23.1 Å². The number of nitrogens with zero attached hydrogens (tertiary/aromatic N) is 3. The average Bonchev–Trinajstić information content (AvgIpc) is 3.36. The van der Waals surface area contributed by atoms with E-state index >= 15 is 4.39 Å². The minimum atomic E-state index is -3.52. The average molecular weight is 713 g/mol. The number of methoxy groups -OCH3 is 1. The molecule has 3 aromatic rings. The number of likely N-dealkylation sites (tertiary alicyclic amines) is 1. The topological polar surface area (TPSA) is 119 Å². The molecule has 2 unspecified atom stereocenters. The van der Waals surface area contributed by atoms with Gasteiger partial charge in [-0.2, -0.15) is 0 Å². The zero-order valence-electron chi connectivity index (χ0n) is 30.4. The Morgan fingerprint density at radius 3 is 2.36 bits per heavy atom. The smallest absolute Gasteiger partial charge is 0.415 e. The number of anilines is 2. The molecule has 0 spiro atoms. The Bertz CT molecular complexity index is 1880. The number of hydrogen-bond donors (Lipinski definition) is 1. The van der Waals surface area contributed by atoms with E-state index in [9.17, 15) is 18.0 Å². The molecule has 13 heteroatoms. The Morgan fingerprint density at radius 1 is 1.06 bits per heavy atom. The Hall–Kier alpha value is -4.44. The molecule has 1 fully saturated rings. The number of benzene rings is 2. The van der Waals surface area contributed by atoms with Crippen molar-refractivity contribution in [2.24, 2.45) is 0 Å². The maximum Gasteiger partial charge on any atom is 0.415 e. The van der Waals surface area contributed by atoms with E-state index in [2.05, 4.69) is 28.6 Å². The first-order chi connectivity index (χ1) is 23.3. The summed E-state index contributed by atoms with van der Waals surface area (Å²) in [6, 6.07) is 11.5. The standard InChI is InChI=1S/C37H49FN4O7S/c1-10-19-41-25(13-12-20-42(35(44)49-37(5,6)7)32-17-16-26(50(9,45)46)23-33(32)47-8)22-27-29(14-11-15-31(27)41)39-30-18-21-40(24-28(30)38)34(43)48-36(2,3)4/h11,14-17,22-23,28,30,39H,10,18-21,24H2,1-9H3. The molecule has 4 rings (SSSR count). The van der Waals surface area contributed by atoms with Crippen molar-refractivity contribution in [3.05, 3.63) is 48.2 Å². The SMILES string of the molecule is CCCn1c(C#CCN(C(=O)OC(C)(C)C)c2ccc(S(C)(=O)=O)cc2OC)cc2c(NC3CCN(C(=O)OC(C)(C)C)CC3F)cccc21. The first kappa shape index (κ1) is 38.4. The molecule has 2 aromatic carbocycles. The van der Waals surface area contributed by atoms with Crippen LogP contribution in [0.2, 0.25) is 0 Å². The number of hydrogen-bond acceptors (Lipinski definition) is 8. The van der Waals surface area contributed by atoms with Crippen LogP contribution in [0.25, 0.3) is 10.9 Å². The summed E-state index contributed by atoms with van der Waals surface area (Å²) < 4.78 is 58.5. The Kier molecular flexibility index (Phi) is 11.7. The van der Waals surface area contributed by atoms with E-state index in [1.807, 2.05) is 24.3 Å². The van der Waals surface area contributed by atoms with Crippen molar-refractivity contribution < 1.29 is 36.6 Å². The fourth-order valence-electron chi connectivity index (χ4n) is 5.62. The van der Waals surface area contributed by atoms with E-state index in [-0.39, 0.29) is 23.7 Å². The van der Waals surface area contributed by atoms with Gasteiger partial charge in [-0.25, -0.2) is 22.4 Å². The van der Waals surface area contributed by atoms with Crippen LogP contribution in [0.15, 0.2) is 47.4 Å². The second-order valence-corrected chi connectivity index (χ2v) is 16.4. The molecular weight excluding hydrogens is 663 g/mol. The molecule has 272 valence electrons. The number of piperidine rings is 1. The number of ether oxygens (including phenoxy) is 3. The Labute approximate surface area is 295 Å². The maximum atomic E-state index is 15.4. The molecule has 50 heavy (non-hydrogen) atoms. The predicted molar refractivity (Wildman–Crippen MR) is 194 cm³/mol. The van der Waals surface area contributed by atoms with Crippen molar-refractivity contribution in [2.45, 2.75) is 96.2 Å². The fraction of sp³-hybridized carbons (Fsp3) is 0.514. The first-order valence-electron chi connectivity index (χ1n) is 16.7. The Morgan fingerprint density at radius 2 is 1.76 bits per heavy atom. The minimum Gasteiger partial charge on any atom is -0.495 e. The third-order valence-corrected chi connectivity index (χ3v) is 8.97. The number of nitrogens with one attached hydrogen (secondary N) is 1. The van der Waals surface area contributed by atoms with Crippen molar-refractivity contribution in [3.63, 3.8) is 0 Å².